The predicted molar refractivity (Wildman–Crippen MR) is 71.6 cm³/mol. The van der Waals surface area contributed by atoms with Gasteiger partial charge in [0.1, 0.15) is 0 Å². The molecule has 0 bridgehead atoms. The van der Waals surface area contributed by atoms with Gasteiger partial charge in [0.25, 0.3) is 0 Å². The number of ether oxygens (including phenoxy) is 2. The minimum Gasteiger partial charge on any atom is -0.381 e. The molecule has 1 aliphatic carbocycles. The van der Waals surface area contributed by atoms with Crippen molar-refractivity contribution in [2.24, 2.45) is 16.6 Å². The number of methoxy groups -OCH3 is 1. The summed E-state index contributed by atoms with van der Waals surface area (Å²) >= 11 is 0. The maximum absolute atomic E-state index is 5.88. The van der Waals surface area contributed by atoms with E-state index in [1.165, 1.54) is 19.3 Å². The van der Waals surface area contributed by atoms with E-state index in [2.05, 4.69) is 10.3 Å². The van der Waals surface area contributed by atoms with Gasteiger partial charge < -0.3 is 20.5 Å². The van der Waals surface area contributed by atoms with Crippen molar-refractivity contribution in [2.75, 3.05) is 33.4 Å². The number of nitrogens with one attached hydrogen (secondary N) is 1. The summed E-state index contributed by atoms with van der Waals surface area (Å²) in [5.41, 5.74) is 5.70. The Kier molecular flexibility index (Phi) is 4.83. The Bertz CT molecular complexity index is 284. The van der Waals surface area contributed by atoms with Crippen molar-refractivity contribution in [3.63, 3.8) is 0 Å². The number of hydrogen-bond acceptors (Lipinski definition) is 3. The number of aliphatic imine (C=N–C) groups is 1. The van der Waals surface area contributed by atoms with E-state index in [0.29, 0.717) is 12.5 Å². The lowest BCUT2D eigenvalue weighted by Crippen LogP contribution is -2.43. The average molecular weight is 255 g/mol. The highest BCUT2D eigenvalue weighted by molar-refractivity contribution is 5.77. The summed E-state index contributed by atoms with van der Waals surface area (Å²) in [4.78, 5) is 4.42. The van der Waals surface area contributed by atoms with E-state index < -0.39 is 0 Å². The molecule has 0 aromatic heterocycles. The van der Waals surface area contributed by atoms with Gasteiger partial charge >= 0.3 is 0 Å². The van der Waals surface area contributed by atoms with Crippen LogP contribution in [0.5, 0.6) is 0 Å². The molecular weight excluding hydrogens is 230 g/mol. The number of rotatable bonds is 5. The first-order valence-electron chi connectivity index (χ1n) is 6.91. The molecule has 0 aromatic carbocycles. The SMILES string of the molecule is COC1(CN=C(N)NCC2CCC2)CCOCC1. The predicted octanol–water partition coefficient (Wildman–Crippen LogP) is 0.886. The maximum atomic E-state index is 5.88. The third-order valence-corrected chi connectivity index (χ3v) is 4.17. The van der Waals surface area contributed by atoms with Gasteiger partial charge in [0.15, 0.2) is 5.96 Å². The summed E-state index contributed by atoms with van der Waals surface area (Å²) in [6.45, 7) is 3.08. The molecule has 1 saturated carbocycles. The van der Waals surface area contributed by atoms with Crippen molar-refractivity contribution >= 4 is 5.96 Å². The van der Waals surface area contributed by atoms with Crippen molar-refractivity contribution in [1.82, 2.24) is 5.32 Å². The molecule has 5 heteroatoms. The van der Waals surface area contributed by atoms with Crippen molar-refractivity contribution in [1.29, 1.82) is 0 Å². The van der Waals surface area contributed by atoms with E-state index in [9.17, 15) is 0 Å². The second-order valence-electron chi connectivity index (χ2n) is 5.38. The molecule has 2 aliphatic rings. The van der Waals surface area contributed by atoms with Crippen LogP contribution in [-0.2, 0) is 9.47 Å². The Morgan fingerprint density at radius 1 is 1.44 bits per heavy atom. The van der Waals surface area contributed by atoms with Crippen LogP contribution in [0.25, 0.3) is 0 Å². The first kappa shape index (κ1) is 13.6. The summed E-state index contributed by atoms with van der Waals surface area (Å²) in [5, 5.41) is 3.21. The molecule has 0 radical (unpaired) electrons. The monoisotopic (exact) mass is 255 g/mol. The molecule has 1 heterocycles. The van der Waals surface area contributed by atoms with Crippen LogP contribution in [0.3, 0.4) is 0 Å². The van der Waals surface area contributed by atoms with Gasteiger partial charge in [0, 0.05) is 39.7 Å². The van der Waals surface area contributed by atoms with E-state index in [0.717, 1.165) is 38.5 Å². The van der Waals surface area contributed by atoms with Gasteiger partial charge in [-0.1, -0.05) is 6.42 Å². The third-order valence-electron chi connectivity index (χ3n) is 4.17. The Balaban J connectivity index is 1.75. The molecule has 18 heavy (non-hydrogen) atoms. The second-order valence-corrected chi connectivity index (χ2v) is 5.38. The van der Waals surface area contributed by atoms with Gasteiger partial charge in [-0.2, -0.15) is 0 Å². The van der Waals surface area contributed by atoms with E-state index in [1.54, 1.807) is 7.11 Å². The van der Waals surface area contributed by atoms with Crippen molar-refractivity contribution in [3.8, 4) is 0 Å². The van der Waals surface area contributed by atoms with E-state index >= 15 is 0 Å². The second kappa shape index (κ2) is 6.38. The van der Waals surface area contributed by atoms with Crippen molar-refractivity contribution < 1.29 is 9.47 Å². The minimum absolute atomic E-state index is 0.180. The largest absolute Gasteiger partial charge is 0.381 e. The van der Waals surface area contributed by atoms with Crippen LogP contribution in [0.15, 0.2) is 4.99 Å². The molecule has 0 aromatic rings. The molecule has 3 N–H and O–H groups in total. The molecular formula is C13H25N3O2. The van der Waals surface area contributed by atoms with Gasteiger partial charge in [-0.15, -0.1) is 0 Å². The van der Waals surface area contributed by atoms with Crippen LogP contribution in [-0.4, -0.2) is 45.0 Å². The van der Waals surface area contributed by atoms with Gasteiger partial charge in [0.2, 0.25) is 0 Å². The summed E-state index contributed by atoms with van der Waals surface area (Å²) in [7, 11) is 1.75. The van der Waals surface area contributed by atoms with Crippen molar-refractivity contribution in [2.45, 2.75) is 37.7 Å². The summed E-state index contributed by atoms with van der Waals surface area (Å²) in [6.07, 6.45) is 5.78. The van der Waals surface area contributed by atoms with E-state index in [4.69, 9.17) is 15.2 Å². The van der Waals surface area contributed by atoms with Crippen LogP contribution >= 0.6 is 0 Å². The standard InChI is InChI=1S/C13H25N3O2/c1-17-13(5-7-18-8-6-13)10-16-12(14)15-9-11-3-2-4-11/h11H,2-10H2,1H3,(H3,14,15,16). The highest BCUT2D eigenvalue weighted by atomic mass is 16.5. The number of nitrogens with two attached hydrogens (primary N) is 1. The minimum atomic E-state index is -0.180. The fourth-order valence-electron chi connectivity index (χ4n) is 2.40. The quantitative estimate of drug-likeness (QED) is 0.565. The van der Waals surface area contributed by atoms with Gasteiger partial charge in [0.05, 0.1) is 12.1 Å². The molecule has 5 nitrogen and oxygen atoms in total. The molecule has 0 atom stereocenters. The molecule has 2 fully saturated rings. The Morgan fingerprint density at radius 2 is 2.17 bits per heavy atom. The van der Waals surface area contributed by atoms with Gasteiger partial charge in [-0.05, 0) is 18.8 Å². The summed E-state index contributed by atoms with van der Waals surface area (Å²) < 4.78 is 11.0. The normalized spacial score (nSPS) is 24.6. The lowest BCUT2D eigenvalue weighted by Gasteiger charge is -2.34. The van der Waals surface area contributed by atoms with Crippen LogP contribution in [0.2, 0.25) is 0 Å². The summed E-state index contributed by atoms with van der Waals surface area (Å²) in [6, 6.07) is 0. The molecule has 0 unspecified atom stereocenters. The molecule has 0 spiro atoms. The van der Waals surface area contributed by atoms with Crippen LogP contribution in [0, 0.1) is 5.92 Å². The third kappa shape index (κ3) is 3.59. The lowest BCUT2D eigenvalue weighted by molar-refractivity contribution is -0.0828. The molecule has 1 saturated heterocycles. The molecule has 1 aliphatic heterocycles. The first-order valence-corrected chi connectivity index (χ1v) is 6.91. The first-order chi connectivity index (χ1) is 8.74. The Hall–Kier alpha value is -0.810. The van der Waals surface area contributed by atoms with E-state index in [1.807, 2.05) is 0 Å². The Morgan fingerprint density at radius 3 is 2.72 bits per heavy atom. The lowest BCUT2D eigenvalue weighted by atomic mass is 9.85. The highest BCUT2D eigenvalue weighted by Gasteiger charge is 2.32. The van der Waals surface area contributed by atoms with Gasteiger partial charge in [-0.3, -0.25) is 4.99 Å². The Labute approximate surface area is 109 Å². The van der Waals surface area contributed by atoms with Crippen molar-refractivity contribution in [3.05, 3.63) is 0 Å². The van der Waals surface area contributed by atoms with E-state index in [-0.39, 0.29) is 5.60 Å². The number of nitrogens with zero attached hydrogens (tertiary/aromatic N) is 1. The average Bonchev–Trinajstić information content (AvgIpc) is 2.36. The topological polar surface area (TPSA) is 68.9 Å². The fraction of sp³-hybridized carbons (Fsp3) is 0.923. The highest BCUT2D eigenvalue weighted by Crippen LogP contribution is 2.25. The van der Waals surface area contributed by atoms with Crippen LogP contribution in [0.4, 0.5) is 0 Å². The smallest absolute Gasteiger partial charge is 0.188 e. The summed E-state index contributed by atoms with van der Waals surface area (Å²) in [5.74, 6) is 1.34. The molecule has 104 valence electrons. The molecule has 0 amide bonds. The zero-order valence-corrected chi connectivity index (χ0v) is 11.3. The number of hydrogen-bond donors (Lipinski definition) is 2. The zero-order chi connectivity index (χ0) is 12.8. The van der Waals surface area contributed by atoms with Crippen LogP contribution in [0.1, 0.15) is 32.1 Å². The zero-order valence-electron chi connectivity index (χ0n) is 11.3. The number of guanidine groups is 1. The van der Waals surface area contributed by atoms with Gasteiger partial charge in [-0.25, -0.2) is 0 Å². The van der Waals surface area contributed by atoms with Crippen LogP contribution < -0.4 is 11.1 Å². The molecule has 2 rings (SSSR count). The fourth-order valence-corrected chi connectivity index (χ4v) is 2.40. The maximum Gasteiger partial charge on any atom is 0.188 e.